The van der Waals surface area contributed by atoms with Gasteiger partial charge in [-0.1, -0.05) is 35.9 Å². The SMILES string of the molecule is CC(=O)N(c1nc(CSc2ccnc3ccccc23)cs1)c1ccc(C)cc1C. The first kappa shape index (κ1) is 19.6. The number of aromatic nitrogens is 2. The van der Waals surface area contributed by atoms with E-state index in [1.165, 1.54) is 21.8 Å². The minimum atomic E-state index is -0.0365. The molecule has 2 heterocycles. The van der Waals surface area contributed by atoms with Gasteiger partial charge in [0, 0.05) is 34.5 Å². The summed E-state index contributed by atoms with van der Waals surface area (Å²) in [7, 11) is 0. The molecule has 0 unspecified atom stereocenters. The topological polar surface area (TPSA) is 46.1 Å². The molecule has 29 heavy (non-hydrogen) atoms. The Morgan fingerprint density at radius 2 is 1.97 bits per heavy atom. The Morgan fingerprint density at radius 3 is 2.76 bits per heavy atom. The third-order valence-electron chi connectivity index (χ3n) is 4.62. The van der Waals surface area contributed by atoms with Crippen LogP contribution in [0.2, 0.25) is 0 Å². The number of benzene rings is 2. The third kappa shape index (κ3) is 4.18. The van der Waals surface area contributed by atoms with Crippen LogP contribution >= 0.6 is 23.1 Å². The average molecular weight is 420 g/mol. The summed E-state index contributed by atoms with van der Waals surface area (Å²) < 4.78 is 0. The van der Waals surface area contributed by atoms with Gasteiger partial charge in [-0.05, 0) is 37.6 Å². The van der Waals surface area contributed by atoms with Crippen molar-refractivity contribution in [3.8, 4) is 0 Å². The summed E-state index contributed by atoms with van der Waals surface area (Å²) in [5, 5.41) is 3.89. The van der Waals surface area contributed by atoms with E-state index in [0.717, 1.165) is 33.6 Å². The molecule has 4 rings (SSSR count). The Labute approximate surface area is 178 Å². The smallest absolute Gasteiger partial charge is 0.230 e. The predicted molar refractivity (Wildman–Crippen MR) is 122 cm³/mol. The lowest BCUT2D eigenvalue weighted by atomic mass is 10.1. The highest BCUT2D eigenvalue weighted by Gasteiger charge is 2.19. The van der Waals surface area contributed by atoms with E-state index >= 15 is 0 Å². The van der Waals surface area contributed by atoms with E-state index in [0.29, 0.717) is 5.13 Å². The van der Waals surface area contributed by atoms with Crippen LogP contribution in [0.1, 0.15) is 23.7 Å². The molecule has 0 bridgehead atoms. The lowest BCUT2D eigenvalue weighted by Crippen LogP contribution is -2.23. The van der Waals surface area contributed by atoms with E-state index < -0.39 is 0 Å². The Hall–Kier alpha value is -2.70. The molecule has 0 saturated carbocycles. The number of thiazole rings is 1. The zero-order valence-electron chi connectivity index (χ0n) is 16.5. The van der Waals surface area contributed by atoms with Crippen LogP contribution < -0.4 is 4.90 Å². The number of aryl methyl sites for hydroxylation is 2. The van der Waals surface area contributed by atoms with E-state index in [1.807, 2.05) is 54.9 Å². The second-order valence-electron chi connectivity index (χ2n) is 6.88. The van der Waals surface area contributed by atoms with E-state index in [2.05, 4.69) is 24.0 Å². The molecule has 0 saturated heterocycles. The van der Waals surface area contributed by atoms with Crippen molar-refractivity contribution in [1.29, 1.82) is 0 Å². The first-order chi connectivity index (χ1) is 14.0. The molecule has 2 aromatic heterocycles. The molecule has 0 atom stereocenters. The normalized spacial score (nSPS) is 11.0. The second kappa shape index (κ2) is 8.35. The van der Waals surface area contributed by atoms with Gasteiger partial charge in [0.05, 0.1) is 16.9 Å². The molecule has 4 nitrogen and oxygen atoms in total. The minimum absolute atomic E-state index is 0.0365. The van der Waals surface area contributed by atoms with Crippen molar-refractivity contribution in [3.63, 3.8) is 0 Å². The van der Waals surface area contributed by atoms with Gasteiger partial charge < -0.3 is 0 Å². The third-order valence-corrected chi connectivity index (χ3v) is 6.61. The van der Waals surface area contributed by atoms with Crippen LogP contribution in [0.25, 0.3) is 10.9 Å². The summed E-state index contributed by atoms with van der Waals surface area (Å²) in [5.74, 6) is 0.703. The van der Waals surface area contributed by atoms with Crippen molar-refractivity contribution in [2.24, 2.45) is 0 Å². The Balaban J connectivity index is 1.57. The van der Waals surface area contributed by atoms with Crippen LogP contribution in [-0.2, 0) is 10.5 Å². The quantitative estimate of drug-likeness (QED) is 0.357. The number of nitrogens with zero attached hydrogens (tertiary/aromatic N) is 3. The molecule has 0 N–H and O–H groups in total. The number of fused-ring (bicyclic) bond motifs is 1. The second-order valence-corrected chi connectivity index (χ2v) is 8.73. The summed E-state index contributed by atoms with van der Waals surface area (Å²) >= 11 is 3.24. The van der Waals surface area contributed by atoms with Crippen LogP contribution in [0, 0.1) is 13.8 Å². The van der Waals surface area contributed by atoms with Crippen LogP contribution in [0.3, 0.4) is 0 Å². The van der Waals surface area contributed by atoms with E-state index in [4.69, 9.17) is 4.98 Å². The number of amides is 1. The van der Waals surface area contributed by atoms with Crippen molar-refractivity contribution in [2.75, 3.05) is 4.90 Å². The first-order valence-corrected chi connectivity index (χ1v) is 11.2. The standard InChI is InChI=1S/C23H21N3OS2/c1-15-8-9-21(16(2)12-15)26(17(3)27)23-25-18(14-29-23)13-28-22-10-11-24-20-7-5-4-6-19(20)22/h4-12,14H,13H2,1-3H3. The number of para-hydroxylation sites is 1. The van der Waals surface area contributed by atoms with Crippen molar-refractivity contribution in [3.05, 3.63) is 76.9 Å². The molecule has 6 heteroatoms. The highest BCUT2D eigenvalue weighted by Crippen LogP contribution is 2.34. The van der Waals surface area contributed by atoms with Gasteiger partial charge in [-0.25, -0.2) is 4.98 Å². The van der Waals surface area contributed by atoms with Gasteiger partial charge in [-0.2, -0.15) is 0 Å². The lowest BCUT2D eigenvalue weighted by Gasteiger charge is -2.20. The zero-order valence-corrected chi connectivity index (χ0v) is 18.2. The molecule has 4 aromatic rings. The van der Waals surface area contributed by atoms with Crippen molar-refractivity contribution < 1.29 is 4.79 Å². The van der Waals surface area contributed by atoms with Gasteiger partial charge >= 0.3 is 0 Å². The molecule has 0 fully saturated rings. The number of rotatable bonds is 5. The predicted octanol–water partition coefficient (Wildman–Crippen LogP) is 6.29. The zero-order chi connectivity index (χ0) is 20.4. The van der Waals surface area contributed by atoms with E-state index in [-0.39, 0.29) is 5.91 Å². The van der Waals surface area contributed by atoms with Crippen molar-refractivity contribution in [2.45, 2.75) is 31.4 Å². The van der Waals surface area contributed by atoms with Gasteiger partial charge in [0.1, 0.15) is 0 Å². The molecule has 0 aliphatic rings. The molecular weight excluding hydrogens is 398 g/mol. The fraction of sp³-hybridized carbons (Fsp3) is 0.174. The Kier molecular flexibility index (Phi) is 5.65. The Bertz CT molecular complexity index is 1180. The lowest BCUT2D eigenvalue weighted by molar-refractivity contribution is -0.115. The number of thioether (sulfide) groups is 1. The first-order valence-electron chi connectivity index (χ1n) is 9.32. The van der Waals surface area contributed by atoms with Crippen LogP contribution in [0.4, 0.5) is 10.8 Å². The van der Waals surface area contributed by atoms with Crippen molar-refractivity contribution in [1.82, 2.24) is 9.97 Å². The fourth-order valence-electron chi connectivity index (χ4n) is 3.28. The molecule has 0 spiro atoms. The van der Waals surface area contributed by atoms with E-state index in [9.17, 15) is 4.79 Å². The van der Waals surface area contributed by atoms with Gasteiger partial charge in [0.2, 0.25) is 5.91 Å². The number of hydrogen-bond acceptors (Lipinski definition) is 5. The molecule has 2 aromatic carbocycles. The van der Waals surface area contributed by atoms with E-state index in [1.54, 1.807) is 23.6 Å². The van der Waals surface area contributed by atoms with Gasteiger partial charge in [-0.15, -0.1) is 23.1 Å². The van der Waals surface area contributed by atoms with Crippen LogP contribution in [-0.4, -0.2) is 15.9 Å². The summed E-state index contributed by atoms with van der Waals surface area (Å²) in [6, 6.07) is 16.3. The maximum absolute atomic E-state index is 12.4. The highest BCUT2D eigenvalue weighted by molar-refractivity contribution is 7.98. The highest BCUT2D eigenvalue weighted by atomic mass is 32.2. The van der Waals surface area contributed by atoms with Gasteiger partial charge in [-0.3, -0.25) is 14.7 Å². The average Bonchev–Trinajstić information content (AvgIpc) is 3.16. The molecule has 0 radical (unpaired) electrons. The maximum atomic E-state index is 12.4. The number of carbonyl (C=O) groups is 1. The summed E-state index contributed by atoms with van der Waals surface area (Å²) in [6.45, 7) is 5.66. The molecule has 1 amide bonds. The monoisotopic (exact) mass is 419 g/mol. The summed E-state index contributed by atoms with van der Waals surface area (Å²) in [5.41, 5.74) is 5.09. The maximum Gasteiger partial charge on any atom is 0.230 e. The summed E-state index contributed by atoms with van der Waals surface area (Å²) in [6.07, 6.45) is 1.84. The molecule has 0 aliphatic carbocycles. The number of carbonyl (C=O) groups excluding carboxylic acids is 1. The molecular formula is C23H21N3OS2. The molecule has 146 valence electrons. The summed E-state index contributed by atoms with van der Waals surface area (Å²) in [4.78, 5) is 24.5. The number of pyridine rings is 1. The van der Waals surface area contributed by atoms with Crippen molar-refractivity contribution >= 4 is 50.7 Å². The Morgan fingerprint density at radius 1 is 1.14 bits per heavy atom. The van der Waals surface area contributed by atoms with Gasteiger partial charge in [0.25, 0.3) is 0 Å². The number of hydrogen-bond donors (Lipinski definition) is 0. The largest absolute Gasteiger partial charge is 0.274 e. The fourth-order valence-corrected chi connectivity index (χ4v) is 5.20. The van der Waals surface area contributed by atoms with Gasteiger partial charge in [0.15, 0.2) is 5.13 Å². The number of anilines is 2. The van der Waals surface area contributed by atoms with Crippen LogP contribution in [0.15, 0.2) is 65.0 Å². The molecule has 0 aliphatic heterocycles. The van der Waals surface area contributed by atoms with Crippen LogP contribution in [0.5, 0.6) is 0 Å². The minimum Gasteiger partial charge on any atom is -0.274 e.